The molecule has 0 aliphatic rings. The normalized spacial score (nSPS) is 10.9. The minimum atomic E-state index is -0.550. The molecule has 0 N–H and O–H groups in total. The first-order valence-electron chi connectivity index (χ1n) is 4.46. The Labute approximate surface area is 96.0 Å². The van der Waals surface area contributed by atoms with Crippen molar-refractivity contribution in [3.05, 3.63) is 16.6 Å². The van der Waals surface area contributed by atoms with Gasteiger partial charge in [-0.25, -0.2) is 9.59 Å². The highest BCUT2D eigenvalue weighted by Gasteiger charge is 2.03. The van der Waals surface area contributed by atoms with Crippen LogP contribution in [0.5, 0.6) is 0 Å². The Hall–Kier alpha value is -1.57. The van der Waals surface area contributed by atoms with E-state index < -0.39 is 5.97 Å². The predicted molar refractivity (Wildman–Crippen MR) is 60.0 cm³/mol. The van der Waals surface area contributed by atoms with Crippen molar-refractivity contribution in [3.8, 4) is 0 Å². The Kier molecular flexibility index (Phi) is 4.77. The zero-order valence-corrected chi connectivity index (χ0v) is 9.81. The van der Waals surface area contributed by atoms with Crippen molar-refractivity contribution in [1.82, 2.24) is 19.8 Å². The molecule has 16 heavy (non-hydrogen) atoms. The molecule has 0 spiro atoms. The molecular formula is C8H12N4O3S. The highest BCUT2D eigenvalue weighted by atomic mass is 32.2. The number of hydrogen-bond donors (Lipinski definition) is 0. The topological polar surface area (TPSA) is 79.0 Å². The van der Waals surface area contributed by atoms with Gasteiger partial charge in [-0.3, -0.25) is 0 Å². The standard InChI is InChI=1S/C8H12N4O3S/c1-15-7(13)3-4-11-8(14)12(10-9-11)5-6-16-2/h3-4H,5-6H2,1-2H3/b4-3-. The summed E-state index contributed by atoms with van der Waals surface area (Å²) in [6.07, 6.45) is 4.26. The van der Waals surface area contributed by atoms with Gasteiger partial charge < -0.3 is 4.74 Å². The van der Waals surface area contributed by atoms with Crippen LogP contribution < -0.4 is 5.69 Å². The smallest absolute Gasteiger partial charge is 0.367 e. The molecule has 0 saturated carbocycles. The molecule has 1 aromatic rings. The van der Waals surface area contributed by atoms with Crippen molar-refractivity contribution in [2.75, 3.05) is 19.1 Å². The molecule has 0 atom stereocenters. The van der Waals surface area contributed by atoms with Crippen LogP contribution in [-0.2, 0) is 16.1 Å². The number of aromatic nitrogens is 4. The van der Waals surface area contributed by atoms with Crippen LogP contribution in [0.3, 0.4) is 0 Å². The average Bonchev–Trinajstić information content (AvgIpc) is 2.64. The zero-order valence-electron chi connectivity index (χ0n) is 8.99. The van der Waals surface area contributed by atoms with Crippen LogP contribution in [0.4, 0.5) is 0 Å². The molecule has 0 aliphatic heterocycles. The highest BCUT2D eigenvalue weighted by Crippen LogP contribution is 1.91. The summed E-state index contributed by atoms with van der Waals surface area (Å²) in [5.41, 5.74) is -0.380. The maximum atomic E-state index is 11.6. The number of tetrazole rings is 1. The first-order valence-corrected chi connectivity index (χ1v) is 5.86. The Balaban J connectivity index is 2.76. The molecule has 0 bridgehead atoms. The van der Waals surface area contributed by atoms with E-state index in [4.69, 9.17) is 0 Å². The first-order chi connectivity index (χ1) is 7.69. The summed E-state index contributed by atoms with van der Waals surface area (Å²) < 4.78 is 6.60. The Bertz CT molecular complexity index is 437. The van der Waals surface area contributed by atoms with E-state index in [-0.39, 0.29) is 5.69 Å². The summed E-state index contributed by atoms with van der Waals surface area (Å²) in [7, 11) is 1.25. The van der Waals surface area contributed by atoms with Crippen molar-refractivity contribution >= 4 is 23.9 Å². The molecule has 8 heteroatoms. The van der Waals surface area contributed by atoms with Gasteiger partial charge in [0.25, 0.3) is 0 Å². The second-order valence-electron chi connectivity index (χ2n) is 2.76. The molecule has 1 aromatic heterocycles. The second kappa shape index (κ2) is 6.11. The molecule has 7 nitrogen and oxygen atoms in total. The van der Waals surface area contributed by atoms with E-state index in [0.29, 0.717) is 6.54 Å². The molecule has 0 saturated heterocycles. The molecule has 1 rings (SSSR count). The van der Waals surface area contributed by atoms with E-state index >= 15 is 0 Å². The summed E-state index contributed by atoms with van der Waals surface area (Å²) in [6.45, 7) is 0.492. The number of thioether (sulfide) groups is 1. The summed E-state index contributed by atoms with van der Waals surface area (Å²) >= 11 is 1.61. The fourth-order valence-electron chi connectivity index (χ4n) is 0.897. The van der Waals surface area contributed by atoms with Gasteiger partial charge in [-0.2, -0.15) is 21.1 Å². The quantitative estimate of drug-likeness (QED) is 0.510. The number of ether oxygens (including phenoxy) is 1. The van der Waals surface area contributed by atoms with Gasteiger partial charge in [0.15, 0.2) is 0 Å². The number of esters is 1. The first kappa shape index (κ1) is 12.5. The lowest BCUT2D eigenvalue weighted by molar-refractivity contribution is -0.134. The molecule has 0 aliphatic carbocycles. The van der Waals surface area contributed by atoms with Crippen LogP contribution in [0.25, 0.3) is 6.20 Å². The average molecular weight is 244 g/mol. The van der Waals surface area contributed by atoms with Gasteiger partial charge in [0.2, 0.25) is 0 Å². The molecule has 0 aromatic carbocycles. The third-order valence-electron chi connectivity index (χ3n) is 1.72. The van der Waals surface area contributed by atoms with Crippen LogP contribution in [0.15, 0.2) is 10.9 Å². The minimum Gasteiger partial charge on any atom is -0.466 e. The molecule has 1 heterocycles. The molecule has 0 fully saturated rings. The second-order valence-corrected chi connectivity index (χ2v) is 3.75. The van der Waals surface area contributed by atoms with E-state index in [1.54, 1.807) is 11.8 Å². The predicted octanol–water partition coefficient (Wildman–Crippen LogP) is -0.554. The van der Waals surface area contributed by atoms with E-state index in [0.717, 1.165) is 16.5 Å². The third-order valence-corrected chi connectivity index (χ3v) is 2.31. The minimum absolute atomic E-state index is 0.380. The van der Waals surface area contributed by atoms with Crippen LogP contribution in [-0.4, -0.2) is 44.9 Å². The van der Waals surface area contributed by atoms with Crippen molar-refractivity contribution < 1.29 is 9.53 Å². The monoisotopic (exact) mass is 244 g/mol. The van der Waals surface area contributed by atoms with Gasteiger partial charge in [-0.15, -0.1) is 0 Å². The van der Waals surface area contributed by atoms with Crippen molar-refractivity contribution in [1.29, 1.82) is 0 Å². The summed E-state index contributed by atoms with van der Waals surface area (Å²) in [5, 5.41) is 7.25. The van der Waals surface area contributed by atoms with Crippen molar-refractivity contribution in [2.45, 2.75) is 6.54 Å². The lowest BCUT2D eigenvalue weighted by Gasteiger charge is -1.93. The maximum absolute atomic E-state index is 11.6. The molecular weight excluding hydrogens is 232 g/mol. The largest absolute Gasteiger partial charge is 0.466 e. The van der Waals surface area contributed by atoms with E-state index in [1.165, 1.54) is 18.0 Å². The summed E-state index contributed by atoms with van der Waals surface area (Å²) in [5.74, 6) is 0.227. The molecule has 88 valence electrons. The fraction of sp³-hybridized carbons (Fsp3) is 0.500. The summed E-state index contributed by atoms with van der Waals surface area (Å²) in [4.78, 5) is 22.4. The SMILES string of the molecule is COC(=O)/C=C\n1nnn(CCSC)c1=O. The number of aryl methyl sites for hydroxylation is 1. The third kappa shape index (κ3) is 3.23. The van der Waals surface area contributed by atoms with Crippen molar-refractivity contribution in [3.63, 3.8) is 0 Å². The van der Waals surface area contributed by atoms with E-state index in [9.17, 15) is 9.59 Å². The van der Waals surface area contributed by atoms with Gasteiger partial charge in [0, 0.05) is 18.0 Å². The van der Waals surface area contributed by atoms with Gasteiger partial charge >= 0.3 is 11.7 Å². The highest BCUT2D eigenvalue weighted by molar-refractivity contribution is 7.98. The fourth-order valence-corrected chi connectivity index (χ4v) is 1.25. The van der Waals surface area contributed by atoms with Gasteiger partial charge in [0.1, 0.15) is 0 Å². The van der Waals surface area contributed by atoms with Crippen LogP contribution in [0, 0.1) is 0 Å². The van der Waals surface area contributed by atoms with Crippen molar-refractivity contribution in [2.24, 2.45) is 0 Å². The number of nitrogens with zero attached hydrogens (tertiary/aromatic N) is 4. The van der Waals surface area contributed by atoms with E-state index in [1.807, 2.05) is 6.26 Å². The Morgan fingerprint density at radius 2 is 2.31 bits per heavy atom. The van der Waals surface area contributed by atoms with Crippen LogP contribution >= 0.6 is 11.8 Å². The van der Waals surface area contributed by atoms with Crippen LogP contribution in [0.2, 0.25) is 0 Å². The summed E-state index contributed by atoms with van der Waals surface area (Å²) in [6, 6.07) is 0. The zero-order chi connectivity index (χ0) is 12.0. The Morgan fingerprint density at radius 1 is 1.56 bits per heavy atom. The lowest BCUT2D eigenvalue weighted by Crippen LogP contribution is -2.23. The number of rotatable bonds is 5. The molecule has 0 amide bonds. The number of hydrogen-bond acceptors (Lipinski definition) is 6. The molecule has 0 radical (unpaired) electrons. The van der Waals surface area contributed by atoms with Gasteiger partial charge in [-0.1, -0.05) is 0 Å². The molecule has 0 unspecified atom stereocenters. The maximum Gasteiger partial charge on any atom is 0.367 e. The Morgan fingerprint density at radius 3 is 2.94 bits per heavy atom. The number of carbonyl (C=O) groups is 1. The van der Waals surface area contributed by atoms with E-state index in [2.05, 4.69) is 15.2 Å². The lowest BCUT2D eigenvalue weighted by atomic mass is 10.6. The van der Waals surface area contributed by atoms with Gasteiger partial charge in [0.05, 0.1) is 13.7 Å². The van der Waals surface area contributed by atoms with Gasteiger partial charge in [-0.05, 0) is 16.7 Å². The number of methoxy groups -OCH3 is 1. The van der Waals surface area contributed by atoms with Crippen LogP contribution in [0.1, 0.15) is 0 Å². The number of carbonyl (C=O) groups excluding carboxylic acids is 1.